The van der Waals surface area contributed by atoms with Crippen LogP contribution in [0.4, 0.5) is 0 Å². The molecule has 33 heavy (non-hydrogen) atoms. The standard InChI is InChI=1S/C27H29N3O3/c1-20-5-3-6-21(15-20)17-25(31)30-13-14-33-27(19-30,26(32)28-2)18-22-7-4-8-24(16-22)23-9-11-29-12-10-23/h3-12,15-16H,13-14,17-19H2,1-2H3,(H,28,32). The zero-order valence-electron chi connectivity index (χ0n) is 19.1. The maximum Gasteiger partial charge on any atom is 0.254 e. The third-order valence-corrected chi connectivity index (χ3v) is 6.05. The Labute approximate surface area is 194 Å². The number of morpholine rings is 1. The fourth-order valence-corrected chi connectivity index (χ4v) is 4.39. The van der Waals surface area contributed by atoms with Crippen LogP contribution in [0, 0.1) is 6.92 Å². The highest BCUT2D eigenvalue weighted by atomic mass is 16.5. The van der Waals surface area contributed by atoms with Crippen molar-refractivity contribution in [3.63, 3.8) is 0 Å². The molecule has 1 aliphatic heterocycles. The van der Waals surface area contributed by atoms with E-state index in [4.69, 9.17) is 4.74 Å². The predicted octanol–water partition coefficient (Wildman–Crippen LogP) is 3.19. The van der Waals surface area contributed by atoms with Crippen LogP contribution in [0.5, 0.6) is 0 Å². The van der Waals surface area contributed by atoms with E-state index in [9.17, 15) is 9.59 Å². The number of ether oxygens (including phenoxy) is 1. The molecular formula is C27H29N3O3. The van der Waals surface area contributed by atoms with Gasteiger partial charge in [-0.15, -0.1) is 0 Å². The van der Waals surface area contributed by atoms with Gasteiger partial charge in [-0.05, 0) is 41.3 Å². The van der Waals surface area contributed by atoms with Crippen LogP contribution in [0.3, 0.4) is 0 Å². The summed E-state index contributed by atoms with van der Waals surface area (Å²) in [4.78, 5) is 32.0. The van der Waals surface area contributed by atoms with Gasteiger partial charge in [0.1, 0.15) is 0 Å². The second-order valence-corrected chi connectivity index (χ2v) is 8.52. The molecule has 0 aliphatic carbocycles. The number of benzene rings is 2. The number of nitrogens with one attached hydrogen (secondary N) is 1. The van der Waals surface area contributed by atoms with E-state index in [2.05, 4.69) is 16.4 Å². The van der Waals surface area contributed by atoms with Gasteiger partial charge in [0.15, 0.2) is 5.60 Å². The Morgan fingerprint density at radius 1 is 1.03 bits per heavy atom. The zero-order chi connectivity index (χ0) is 23.3. The molecule has 6 heteroatoms. The topological polar surface area (TPSA) is 71.5 Å². The molecule has 2 aromatic carbocycles. The molecule has 1 aliphatic rings. The van der Waals surface area contributed by atoms with E-state index in [-0.39, 0.29) is 18.4 Å². The number of rotatable bonds is 6. The molecule has 0 bridgehead atoms. The Morgan fingerprint density at radius 2 is 1.79 bits per heavy atom. The van der Waals surface area contributed by atoms with Gasteiger partial charge in [-0.1, -0.05) is 54.1 Å². The fourth-order valence-electron chi connectivity index (χ4n) is 4.39. The molecule has 1 atom stereocenters. The number of amides is 2. The van der Waals surface area contributed by atoms with Gasteiger partial charge in [0.05, 0.1) is 19.6 Å². The summed E-state index contributed by atoms with van der Waals surface area (Å²) in [7, 11) is 1.61. The average molecular weight is 444 g/mol. The van der Waals surface area contributed by atoms with Crippen molar-refractivity contribution in [1.82, 2.24) is 15.2 Å². The molecular weight excluding hydrogens is 414 g/mol. The molecule has 170 valence electrons. The normalized spacial score (nSPS) is 18.1. The highest BCUT2D eigenvalue weighted by Gasteiger charge is 2.44. The minimum absolute atomic E-state index is 0.00251. The van der Waals surface area contributed by atoms with Crippen molar-refractivity contribution in [3.8, 4) is 11.1 Å². The van der Waals surface area contributed by atoms with E-state index < -0.39 is 5.60 Å². The van der Waals surface area contributed by atoms with E-state index in [1.165, 1.54) is 0 Å². The van der Waals surface area contributed by atoms with Gasteiger partial charge in [-0.2, -0.15) is 0 Å². The third-order valence-electron chi connectivity index (χ3n) is 6.05. The number of carbonyl (C=O) groups is 2. The van der Waals surface area contributed by atoms with Crippen molar-refractivity contribution < 1.29 is 14.3 Å². The molecule has 2 heterocycles. The Kier molecular flexibility index (Phi) is 6.84. The van der Waals surface area contributed by atoms with E-state index >= 15 is 0 Å². The number of hydrogen-bond acceptors (Lipinski definition) is 4. The summed E-state index contributed by atoms with van der Waals surface area (Å²) in [5.41, 5.74) is 4.04. The Bertz CT molecular complexity index is 1130. The van der Waals surface area contributed by atoms with Gasteiger partial charge >= 0.3 is 0 Å². The summed E-state index contributed by atoms with van der Waals surface area (Å²) < 4.78 is 6.10. The second kappa shape index (κ2) is 9.96. The van der Waals surface area contributed by atoms with Crippen LogP contribution >= 0.6 is 0 Å². The highest BCUT2D eigenvalue weighted by Crippen LogP contribution is 2.27. The van der Waals surface area contributed by atoms with Crippen LogP contribution in [0.15, 0.2) is 73.1 Å². The number of likely N-dealkylation sites (N-methyl/N-ethyl adjacent to an activating group) is 1. The highest BCUT2D eigenvalue weighted by molar-refractivity contribution is 5.87. The van der Waals surface area contributed by atoms with Crippen molar-refractivity contribution in [2.45, 2.75) is 25.4 Å². The van der Waals surface area contributed by atoms with Crippen molar-refractivity contribution in [2.75, 3.05) is 26.7 Å². The first kappa shape index (κ1) is 22.7. The first-order valence-corrected chi connectivity index (χ1v) is 11.2. The summed E-state index contributed by atoms with van der Waals surface area (Å²) in [6.45, 7) is 3.02. The minimum atomic E-state index is -1.13. The Hall–Kier alpha value is -3.51. The van der Waals surface area contributed by atoms with Crippen molar-refractivity contribution in [2.24, 2.45) is 0 Å². The zero-order valence-corrected chi connectivity index (χ0v) is 19.1. The lowest BCUT2D eigenvalue weighted by atomic mass is 9.89. The second-order valence-electron chi connectivity index (χ2n) is 8.52. The van der Waals surface area contributed by atoms with Crippen molar-refractivity contribution in [3.05, 3.63) is 89.7 Å². The molecule has 2 amide bonds. The van der Waals surface area contributed by atoms with E-state index in [1.54, 1.807) is 24.3 Å². The molecule has 1 saturated heterocycles. The maximum absolute atomic E-state index is 13.1. The first-order chi connectivity index (χ1) is 16.0. The van der Waals surface area contributed by atoms with Crippen LogP contribution < -0.4 is 5.32 Å². The van der Waals surface area contributed by atoms with Crippen molar-refractivity contribution >= 4 is 11.8 Å². The molecule has 0 saturated carbocycles. The molecule has 3 aromatic rings. The van der Waals surface area contributed by atoms with Crippen LogP contribution in [-0.4, -0.2) is 54.0 Å². The SMILES string of the molecule is CNC(=O)C1(Cc2cccc(-c3ccncc3)c2)CN(C(=O)Cc2cccc(C)c2)CCO1. The summed E-state index contributed by atoms with van der Waals surface area (Å²) in [5.74, 6) is -0.215. The number of carbonyl (C=O) groups excluding carboxylic acids is 2. The van der Waals surface area contributed by atoms with E-state index in [0.717, 1.165) is 27.8 Å². The lowest BCUT2D eigenvalue weighted by Crippen LogP contribution is -2.61. The predicted molar refractivity (Wildman–Crippen MR) is 128 cm³/mol. The quantitative estimate of drug-likeness (QED) is 0.635. The largest absolute Gasteiger partial charge is 0.361 e. The van der Waals surface area contributed by atoms with Gasteiger partial charge in [0.2, 0.25) is 5.91 Å². The molecule has 1 aromatic heterocycles. The average Bonchev–Trinajstić information content (AvgIpc) is 2.84. The number of nitrogens with zero attached hydrogens (tertiary/aromatic N) is 2. The molecule has 1 N–H and O–H groups in total. The molecule has 0 radical (unpaired) electrons. The number of aromatic nitrogens is 1. The summed E-state index contributed by atoms with van der Waals surface area (Å²) in [6, 6.07) is 19.9. The summed E-state index contributed by atoms with van der Waals surface area (Å²) in [6.07, 6.45) is 4.20. The molecule has 1 unspecified atom stereocenters. The summed E-state index contributed by atoms with van der Waals surface area (Å²) in [5, 5.41) is 2.75. The van der Waals surface area contributed by atoms with Crippen molar-refractivity contribution in [1.29, 1.82) is 0 Å². The fraction of sp³-hybridized carbons (Fsp3) is 0.296. The molecule has 1 fully saturated rings. The van der Waals surface area contributed by atoms with E-state index in [0.29, 0.717) is 26.0 Å². The van der Waals surface area contributed by atoms with Gasteiger partial charge in [-0.25, -0.2) is 0 Å². The van der Waals surface area contributed by atoms with Gasteiger partial charge in [-0.3, -0.25) is 14.6 Å². The van der Waals surface area contributed by atoms with Gasteiger partial charge in [0, 0.05) is 32.4 Å². The van der Waals surface area contributed by atoms with Crippen LogP contribution in [0.2, 0.25) is 0 Å². The van der Waals surface area contributed by atoms with Crippen LogP contribution in [0.25, 0.3) is 11.1 Å². The molecule has 0 spiro atoms. The number of pyridine rings is 1. The molecule has 4 rings (SSSR count). The van der Waals surface area contributed by atoms with Gasteiger partial charge < -0.3 is 15.0 Å². The number of aryl methyl sites for hydroxylation is 1. The molecule has 6 nitrogen and oxygen atoms in total. The van der Waals surface area contributed by atoms with Crippen LogP contribution in [0.1, 0.15) is 16.7 Å². The Balaban J connectivity index is 1.56. The lowest BCUT2D eigenvalue weighted by molar-refractivity contribution is -0.165. The maximum atomic E-state index is 13.1. The monoisotopic (exact) mass is 443 g/mol. The first-order valence-electron chi connectivity index (χ1n) is 11.2. The smallest absolute Gasteiger partial charge is 0.254 e. The van der Waals surface area contributed by atoms with Gasteiger partial charge in [0.25, 0.3) is 5.91 Å². The number of hydrogen-bond donors (Lipinski definition) is 1. The Morgan fingerprint density at radius 3 is 2.55 bits per heavy atom. The van der Waals surface area contributed by atoms with E-state index in [1.807, 2.05) is 61.5 Å². The third kappa shape index (κ3) is 5.29. The lowest BCUT2D eigenvalue weighted by Gasteiger charge is -2.41. The summed E-state index contributed by atoms with van der Waals surface area (Å²) >= 11 is 0. The minimum Gasteiger partial charge on any atom is -0.361 e. The van der Waals surface area contributed by atoms with Crippen LogP contribution in [-0.2, 0) is 27.2 Å².